The molecule has 0 saturated carbocycles. The number of aliphatic hydroxyl groups excluding tert-OH is 1. The van der Waals surface area contributed by atoms with Crippen molar-refractivity contribution in [3.8, 4) is 0 Å². The number of urea groups is 1. The molecule has 2 amide bonds. The van der Waals surface area contributed by atoms with Gasteiger partial charge in [0, 0.05) is 26.7 Å². The van der Waals surface area contributed by atoms with Crippen LogP contribution in [0.3, 0.4) is 0 Å². The Morgan fingerprint density at radius 1 is 1.53 bits per heavy atom. The third kappa shape index (κ3) is 3.17. The molecule has 1 aromatic rings. The van der Waals surface area contributed by atoms with Gasteiger partial charge in [0.1, 0.15) is 0 Å². The normalized spacial score (nSPS) is 18.5. The number of aliphatic hydroxyl groups is 1. The number of benzene rings is 1. The van der Waals surface area contributed by atoms with E-state index in [1.165, 1.54) is 0 Å². The van der Waals surface area contributed by atoms with E-state index in [1.807, 2.05) is 31.3 Å². The summed E-state index contributed by atoms with van der Waals surface area (Å²) < 4.78 is 0. The Kier molecular flexibility index (Phi) is 4.27. The van der Waals surface area contributed by atoms with Gasteiger partial charge in [0.15, 0.2) is 0 Å². The molecule has 2 rings (SSSR count). The summed E-state index contributed by atoms with van der Waals surface area (Å²) in [6.07, 6.45) is 0.267. The summed E-state index contributed by atoms with van der Waals surface area (Å²) in [5.41, 5.74) is 1.80. The predicted octanol–water partition coefficient (Wildman–Crippen LogP) is 1.74. The average molecular weight is 263 g/mol. The molecule has 1 saturated heterocycles. The first-order valence-electron chi connectivity index (χ1n) is 6.66. The highest BCUT2D eigenvalue weighted by atomic mass is 16.3. The van der Waals surface area contributed by atoms with Gasteiger partial charge in [0.25, 0.3) is 0 Å². The summed E-state index contributed by atoms with van der Waals surface area (Å²) in [6.45, 7) is 3.96. The van der Waals surface area contributed by atoms with Gasteiger partial charge in [0.2, 0.25) is 0 Å². The molecular weight excluding hydrogens is 242 g/mol. The van der Waals surface area contributed by atoms with Crippen LogP contribution in [0.25, 0.3) is 0 Å². The van der Waals surface area contributed by atoms with Crippen molar-refractivity contribution in [2.24, 2.45) is 0 Å². The van der Waals surface area contributed by atoms with Crippen molar-refractivity contribution in [2.75, 3.05) is 36.9 Å². The number of likely N-dealkylation sites (tertiary alicyclic amines) is 1. The van der Waals surface area contributed by atoms with Crippen molar-refractivity contribution in [3.63, 3.8) is 0 Å². The number of anilines is 2. The van der Waals surface area contributed by atoms with Crippen LogP contribution in [0.4, 0.5) is 16.2 Å². The van der Waals surface area contributed by atoms with Gasteiger partial charge in [-0.15, -0.1) is 0 Å². The summed E-state index contributed by atoms with van der Waals surface area (Å²) >= 11 is 0. The van der Waals surface area contributed by atoms with Crippen LogP contribution >= 0.6 is 0 Å². The minimum absolute atomic E-state index is 0.145. The molecule has 0 aliphatic carbocycles. The molecule has 19 heavy (non-hydrogen) atoms. The highest BCUT2D eigenvalue weighted by molar-refractivity contribution is 5.93. The second kappa shape index (κ2) is 5.93. The highest BCUT2D eigenvalue weighted by Gasteiger charge is 2.24. The largest absolute Gasteiger partial charge is 0.391 e. The van der Waals surface area contributed by atoms with E-state index < -0.39 is 0 Å². The van der Waals surface area contributed by atoms with Crippen LogP contribution in [0.1, 0.15) is 13.3 Å². The molecule has 5 heteroatoms. The Labute approximate surface area is 113 Å². The Balaban J connectivity index is 2.08. The molecule has 1 aliphatic rings. The van der Waals surface area contributed by atoms with Gasteiger partial charge >= 0.3 is 6.03 Å². The van der Waals surface area contributed by atoms with Crippen molar-refractivity contribution >= 4 is 17.4 Å². The molecule has 1 atom stereocenters. The Morgan fingerprint density at radius 2 is 2.26 bits per heavy atom. The number of nitrogens with one attached hydrogen (secondary N) is 1. The number of β-amino-alcohol motifs (C(OH)–C–C–N with tert-alkyl or cyclic N) is 1. The van der Waals surface area contributed by atoms with Gasteiger partial charge in [-0.3, -0.25) is 0 Å². The average Bonchev–Trinajstić information content (AvgIpc) is 2.85. The molecule has 0 bridgehead atoms. The first-order chi connectivity index (χ1) is 9.11. The number of hydrogen-bond acceptors (Lipinski definition) is 3. The summed E-state index contributed by atoms with van der Waals surface area (Å²) in [4.78, 5) is 15.8. The molecule has 104 valence electrons. The highest BCUT2D eigenvalue weighted by Crippen LogP contribution is 2.25. The molecule has 1 heterocycles. The van der Waals surface area contributed by atoms with Crippen LogP contribution in [0, 0.1) is 0 Å². The molecule has 0 unspecified atom stereocenters. The first-order valence-corrected chi connectivity index (χ1v) is 6.66. The summed E-state index contributed by atoms with van der Waals surface area (Å²) in [5.74, 6) is 0. The van der Waals surface area contributed by atoms with Crippen LogP contribution < -0.4 is 10.2 Å². The molecule has 0 aromatic heterocycles. The summed E-state index contributed by atoms with van der Waals surface area (Å²) in [6, 6.07) is 7.59. The van der Waals surface area contributed by atoms with Gasteiger partial charge in [-0.25, -0.2) is 4.79 Å². The van der Waals surface area contributed by atoms with Gasteiger partial charge in [-0.05, 0) is 25.5 Å². The zero-order valence-electron chi connectivity index (χ0n) is 11.5. The molecular formula is C14H21N3O2. The maximum absolute atomic E-state index is 12.1. The third-order valence-corrected chi connectivity index (χ3v) is 3.48. The molecule has 0 radical (unpaired) electrons. The van der Waals surface area contributed by atoms with Crippen molar-refractivity contribution in [1.82, 2.24) is 4.90 Å². The SMILES string of the molecule is CCN(C)c1ccccc1NC(=O)N1CC[C@H](O)C1. The van der Waals surface area contributed by atoms with Crippen LogP contribution in [0.2, 0.25) is 0 Å². The maximum atomic E-state index is 12.1. The lowest BCUT2D eigenvalue weighted by Gasteiger charge is -2.23. The quantitative estimate of drug-likeness (QED) is 0.873. The molecule has 0 spiro atoms. The predicted molar refractivity (Wildman–Crippen MR) is 76.6 cm³/mol. The van der Waals surface area contributed by atoms with Crippen molar-refractivity contribution in [2.45, 2.75) is 19.4 Å². The van der Waals surface area contributed by atoms with E-state index in [0.717, 1.165) is 17.9 Å². The summed E-state index contributed by atoms with van der Waals surface area (Å²) in [7, 11) is 1.99. The molecule has 1 aromatic carbocycles. The number of amides is 2. The van der Waals surface area contributed by atoms with Crippen LogP contribution in [0.5, 0.6) is 0 Å². The van der Waals surface area contributed by atoms with Gasteiger partial charge in [0.05, 0.1) is 17.5 Å². The van der Waals surface area contributed by atoms with E-state index in [1.54, 1.807) is 4.90 Å². The fourth-order valence-corrected chi connectivity index (χ4v) is 2.20. The zero-order valence-corrected chi connectivity index (χ0v) is 11.5. The number of para-hydroxylation sites is 2. The number of carbonyl (C=O) groups is 1. The molecule has 1 fully saturated rings. The van der Waals surface area contributed by atoms with Gasteiger partial charge in [-0.2, -0.15) is 0 Å². The standard InChI is InChI=1S/C14H21N3O2/c1-3-16(2)13-7-5-4-6-12(13)15-14(19)17-9-8-11(18)10-17/h4-7,11,18H,3,8-10H2,1-2H3,(H,15,19)/t11-/m0/s1. The molecule has 5 nitrogen and oxygen atoms in total. The Hall–Kier alpha value is -1.75. The third-order valence-electron chi connectivity index (χ3n) is 3.48. The Morgan fingerprint density at radius 3 is 2.89 bits per heavy atom. The van der Waals surface area contributed by atoms with Crippen LogP contribution in [-0.2, 0) is 0 Å². The van der Waals surface area contributed by atoms with Gasteiger partial charge < -0.3 is 20.2 Å². The monoisotopic (exact) mass is 263 g/mol. The fraction of sp³-hybridized carbons (Fsp3) is 0.500. The van der Waals surface area contributed by atoms with E-state index in [-0.39, 0.29) is 12.1 Å². The number of carbonyl (C=O) groups excluding carboxylic acids is 1. The zero-order chi connectivity index (χ0) is 13.8. The van der Waals surface area contributed by atoms with E-state index in [4.69, 9.17) is 0 Å². The summed E-state index contributed by atoms with van der Waals surface area (Å²) in [5, 5.41) is 12.4. The lowest BCUT2D eigenvalue weighted by Crippen LogP contribution is -2.34. The van der Waals surface area contributed by atoms with Crippen molar-refractivity contribution in [3.05, 3.63) is 24.3 Å². The topological polar surface area (TPSA) is 55.8 Å². The first kappa shape index (κ1) is 13.7. The number of rotatable bonds is 3. The van der Waals surface area contributed by atoms with E-state index in [9.17, 15) is 9.90 Å². The van der Waals surface area contributed by atoms with Gasteiger partial charge in [-0.1, -0.05) is 12.1 Å². The number of nitrogens with zero attached hydrogens (tertiary/aromatic N) is 2. The molecule has 2 N–H and O–H groups in total. The fourth-order valence-electron chi connectivity index (χ4n) is 2.20. The Bertz CT molecular complexity index is 450. The minimum Gasteiger partial charge on any atom is -0.391 e. The van der Waals surface area contributed by atoms with Crippen LogP contribution in [-0.4, -0.2) is 48.8 Å². The minimum atomic E-state index is -0.390. The second-order valence-electron chi connectivity index (χ2n) is 4.85. The maximum Gasteiger partial charge on any atom is 0.321 e. The van der Waals surface area contributed by atoms with E-state index in [2.05, 4.69) is 17.1 Å². The smallest absolute Gasteiger partial charge is 0.321 e. The van der Waals surface area contributed by atoms with E-state index in [0.29, 0.717) is 19.5 Å². The molecule has 1 aliphatic heterocycles. The lowest BCUT2D eigenvalue weighted by atomic mass is 10.2. The lowest BCUT2D eigenvalue weighted by molar-refractivity contribution is 0.176. The van der Waals surface area contributed by atoms with Crippen molar-refractivity contribution in [1.29, 1.82) is 0 Å². The van der Waals surface area contributed by atoms with E-state index >= 15 is 0 Å². The second-order valence-corrected chi connectivity index (χ2v) is 4.85. The van der Waals surface area contributed by atoms with Crippen LogP contribution in [0.15, 0.2) is 24.3 Å². The number of hydrogen-bond donors (Lipinski definition) is 2. The van der Waals surface area contributed by atoms with Crippen molar-refractivity contribution < 1.29 is 9.90 Å².